The molecule has 0 spiro atoms. The molecule has 1 aromatic rings. The first kappa shape index (κ1) is 12.1. The lowest BCUT2D eigenvalue weighted by Crippen LogP contribution is -2.34. The van der Waals surface area contributed by atoms with Crippen molar-refractivity contribution in [3.05, 3.63) is 29.8 Å². The van der Waals surface area contributed by atoms with Gasteiger partial charge in [-0.15, -0.1) is 0 Å². The van der Waals surface area contributed by atoms with Crippen molar-refractivity contribution in [2.24, 2.45) is 0 Å². The Kier molecular flexibility index (Phi) is 3.78. The Morgan fingerprint density at radius 3 is 2.33 bits per heavy atom. The van der Waals surface area contributed by atoms with Crippen molar-refractivity contribution in [1.29, 1.82) is 0 Å². The Hall–Kier alpha value is -0.980. The molecule has 0 amide bonds. The number of rotatable bonds is 0. The molecule has 0 aliphatic carbocycles. The SMILES string of the molecule is CC.CN1CCC(C)(C)c2ccccc21. The summed E-state index contributed by atoms with van der Waals surface area (Å²) in [6, 6.07) is 8.73. The zero-order valence-corrected chi connectivity index (χ0v) is 10.7. The van der Waals surface area contributed by atoms with Crippen molar-refractivity contribution < 1.29 is 0 Å². The molecule has 2 rings (SSSR count). The molecule has 1 heterocycles. The molecule has 0 saturated heterocycles. The van der Waals surface area contributed by atoms with Crippen LogP contribution in [0.5, 0.6) is 0 Å². The minimum atomic E-state index is 0.350. The van der Waals surface area contributed by atoms with E-state index in [9.17, 15) is 0 Å². The van der Waals surface area contributed by atoms with E-state index in [0.717, 1.165) is 0 Å². The molecule has 0 atom stereocenters. The Morgan fingerprint density at radius 1 is 1.13 bits per heavy atom. The lowest BCUT2D eigenvalue weighted by atomic mass is 9.78. The molecule has 1 aliphatic rings. The van der Waals surface area contributed by atoms with Crippen molar-refractivity contribution in [2.45, 2.75) is 39.5 Å². The predicted octanol–water partition coefficient (Wildman–Crippen LogP) is 3.83. The molecule has 0 aromatic heterocycles. The highest BCUT2D eigenvalue weighted by atomic mass is 15.1. The molecule has 0 bridgehead atoms. The second-order valence-corrected chi connectivity index (χ2v) is 4.57. The van der Waals surface area contributed by atoms with E-state index >= 15 is 0 Å². The van der Waals surface area contributed by atoms with Crippen LogP contribution in [-0.4, -0.2) is 13.6 Å². The van der Waals surface area contributed by atoms with Gasteiger partial charge in [0.1, 0.15) is 0 Å². The van der Waals surface area contributed by atoms with Crippen LogP contribution in [0.1, 0.15) is 39.7 Å². The van der Waals surface area contributed by atoms with Crippen LogP contribution in [0.15, 0.2) is 24.3 Å². The number of nitrogens with zero attached hydrogens (tertiary/aromatic N) is 1. The van der Waals surface area contributed by atoms with E-state index in [1.807, 2.05) is 13.8 Å². The molecule has 1 heteroatoms. The van der Waals surface area contributed by atoms with E-state index in [-0.39, 0.29) is 0 Å². The molecule has 1 nitrogen and oxygen atoms in total. The van der Waals surface area contributed by atoms with Crippen LogP contribution in [0, 0.1) is 0 Å². The van der Waals surface area contributed by atoms with Crippen LogP contribution in [0.3, 0.4) is 0 Å². The van der Waals surface area contributed by atoms with Crippen molar-refractivity contribution in [2.75, 3.05) is 18.5 Å². The van der Waals surface area contributed by atoms with Gasteiger partial charge in [-0.25, -0.2) is 0 Å². The predicted molar refractivity (Wildman–Crippen MR) is 68.7 cm³/mol. The van der Waals surface area contributed by atoms with Gasteiger partial charge in [0.2, 0.25) is 0 Å². The number of fused-ring (bicyclic) bond motifs is 1. The fourth-order valence-electron chi connectivity index (χ4n) is 2.08. The summed E-state index contributed by atoms with van der Waals surface area (Å²) in [5, 5.41) is 0. The molecule has 1 aliphatic heterocycles. The Bertz CT molecular complexity index is 315. The van der Waals surface area contributed by atoms with Gasteiger partial charge < -0.3 is 4.90 Å². The van der Waals surface area contributed by atoms with Crippen molar-refractivity contribution in [3.63, 3.8) is 0 Å². The molecule has 0 saturated carbocycles. The van der Waals surface area contributed by atoms with Crippen LogP contribution in [0.2, 0.25) is 0 Å². The average Bonchev–Trinajstić information content (AvgIpc) is 2.27. The third-order valence-electron chi connectivity index (χ3n) is 3.12. The first-order valence-corrected chi connectivity index (χ1v) is 5.92. The van der Waals surface area contributed by atoms with E-state index in [1.54, 1.807) is 0 Å². The van der Waals surface area contributed by atoms with Crippen LogP contribution < -0.4 is 4.90 Å². The molecular weight excluding hydrogens is 182 g/mol. The summed E-state index contributed by atoms with van der Waals surface area (Å²) in [6.45, 7) is 9.83. The molecule has 0 unspecified atom stereocenters. The highest BCUT2D eigenvalue weighted by molar-refractivity contribution is 5.58. The Balaban J connectivity index is 0.000000531. The number of anilines is 1. The van der Waals surface area contributed by atoms with Crippen LogP contribution in [0.4, 0.5) is 5.69 Å². The normalized spacial score (nSPS) is 17.5. The van der Waals surface area contributed by atoms with E-state index in [4.69, 9.17) is 0 Å². The zero-order valence-electron chi connectivity index (χ0n) is 10.7. The Labute approximate surface area is 94.1 Å². The van der Waals surface area contributed by atoms with Gasteiger partial charge in [-0.2, -0.15) is 0 Å². The third-order valence-corrected chi connectivity index (χ3v) is 3.12. The smallest absolute Gasteiger partial charge is 0.0401 e. The first-order chi connectivity index (χ1) is 7.11. The number of hydrogen-bond acceptors (Lipinski definition) is 1. The molecule has 0 radical (unpaired) electrons. The van der Waals surface area contributed by atoms with Gasteiger partial charge in [0, 0.05) is 19.3 Å². The standard InChI is InChI=1S/C12H17N.C2H6/c1-12(2)8-9-13(3)11-7-5-4-6-10(11)12;1-2/h4-7H,8-9H2,1-3H3;1-2H3. The summed E-state index contributed by atoms with van der Waals surface area (Å²) < 4.78 is 0. The second-order valence-electron chi connectivity index (χ2n) is 4.57. The van der Waals surface area contributed by atoms with Crippen LogP contribution in [-0.2, 0) is 5.41 Å². The highest BCUT2D eigenvalue weighted by Gasteiger charge is 2.28. The lowest BCUT2D eigenvalue weighted by Gasteiger charge is -2.38. The van der Waals surface area contributed by atoms with Gasteiger partial charge in [-0.1, -0.05) is 45.9 Å². The van der Waals surface area contributed by atoms with E-state index in [1.165, 1.54) is 24.2 Å². The van der Waals surface area contributed by atoms with E-state index in [2.05, 4.69) is 50.1 Å². The van der Waals surface area contributed by atoms with Crippen molar-refractivity contribution in [1.82, 2.24) is 0 Å². The van der Waals surface area contributed by atoms with Gasteiger partial charge in [0.25, 0.3) is 0 Å². The van der Waals surface area contributed by atoms with Gasteiger partial charge in [-0.3, -0.25) is 0 Å². The molecule has 15 heavy (non-hydrogen) atoms. The minimum absolute atomic E-state index is 0.350. The average molecular weight is 205 g/mol. The minimum Gasteiger partial charge on any atom is -0.374 e. The summed E-state index contributed by atoms with van der Waals surface area (Å²) in [4.78, 5) is 2.35. The number of para-hydroxylation sites is 1. The molecule has 0 fully saturated rings. The third kappa shape index (κ3) is 2.34. The Morgan fingerprint density at radius 2 is 1.73 bits per heavy atom. The molecular formula is C14H23N. The highest BCUT2D eigenvalue weighted by Crippen LogP contribution is 2.38. The summed E-state index contributed by atoms with van der Waals surface area (Å²) >= 11 is 0. The lowest BCUT2D eigenvalue weighted by molar-refractivity contribution is 0.462. The van der Waals surface area contributed by atoms with Crippen LogP contribution >= 0.6 is 0 Å². The number of hydrogen-bond donors (Lipinski definition) is 0. The summed E-state index contributed by atoms with van der Waals surface area (Å²) in [7, 11) is 2.17. The maximum atomic E-state index is 2.35. The van der Waals surface area contributed by atoms with Crippen molar-refractivity contribution in [3.8, 4) is 0 Å². The molecule has 0 N–H and O–H groups in total. The van der Waals surface area contributed by atoms with Gasteiger partial charge in [0.05, 0.1) is 0 Å². The first-order valence-electron chi connectivity index (χ1n) is 5.92. The summed E-state index contributed by atoms with van der Waals surface area (Å²) in [6.07, 6.45) is 1.25. The van der Waals surface area contributed by atoms with E-state index < -0.39 is 0 Å². The maximum Gasteiger partial charge on any atom is 0.0401 e. The quantitative estimate of drug-likeness (QED) is 0.622. The summed E-state index contributed by atoms with van der Waals surface area (Å²) in [5.41, 5.74) is 3.24. The van der Waals surface area contributed by atoms with Gasteiger partial charge >= 0.3 is 0 Å². The monoisotopic (exact) mass is 205 g/mol. The number of benzene rings is 1. The van der Waals surface area contributed by atoms with Crippen molar-refractivity contribution >= 4 is 5.69 Å². The van der Waals surface area contributed by atoms with Crippen LogP contribution in [0.25, 0.3) is 0 Å². The molecule has 1 aromatic carbocycles. The zero-order chi connectivity index (χ0) is 11.5. The van der Waals surface area contributed by atoms with Gasteiger partial charge in [-0.05, 0) is 23.5 Å². The van der Waals surface area contributed by atoms with E-state index in [0.29, 0.717) is 5.41 Å². The second kappa shape index (κ2) is 4.69. The van der Waals surface area contributed by atoms with Gasteiger partial charge in [0.15, 0.2) is 0 Å². The summed E-state index contributed by atoms with van der Waals surface area (Å²) in [5.74, 6) is 0. The fourth-order valence-corrected chi connectivity index (χ4v) is 2.08. The fraction of sp³-hybridized carbons (Fsp3) is 0.571. The maximum absolute atomic E-state index is 2.35. The molecule has 84 valence electrons. The topological polar surface area (TPSA) is 3.24 Å². The largest absolute Gasteiger partial charge is 0.374 e.